The largest absolute Gasteiger partial charge is 0.492 e. The van der Waals surface area contributed by atoms with Gasteiger partial charge in [0.25, 0.3) is 0 Å². The van der Waals surface area contributed by atoms with Crippen molar-refractivity contribution < 1.29 is 9.47 Å². The van der Waals surface area contributed by atoms with Crippen LogP contribution in [-0.2, 0) is 4.74 Å². The molecule has 1 rings (SSSR count). The van der Waals surface area contributed by atoms with Crippen LogP contribution in [0.15, 0.2) is 24.3 Å². The van der Waals surface area contributed by atoms with E-state index in [1.54, 1.807) is 0 Å². The lowest BCUT2D eigenvalue weighted by Crippen LogP contribution is -2.23. The van der Waals surface area contributed by atoms with Gasteiger partial charge in [-0.25, -0.2) is 0 Å². The summed E-state index contributed by atoms with van der Waals surface area (Å²) in [5.41, 5.74) is 1.38. The van der Waals surface area contributed by atoms with E-state index in [9.17, 15) is 0 Å². The van der Waals surface area contributed by atoms with Crippen LogP contribution in [0.3, 0.4) is 0 Å². The Morgan fingerprint density at radius 2 is 1.71 bits per heavy atom. The van der Waals surface area contributed by atoms with Crippen LogP contribution >= 0.6 is 0 Å². The number of hydrogen-bond acceptors (Lipinski definition) is 3. The minimum atomic E-state index is 0.326. The number of rotatable bonds is 11. The number of hydrogen-bond donors (Lipinski definition) is 1. The average molecular weight is 293 g/mol. The first-order valence-corrected chi connectivity index (χ1v) is 8.18. The topological polar surface area (TPSA) is 30.5 Å². The van der Waals surface area contributed by atoms with Crippen molar-refractivity contribution in [3.05, 3.63) is 29.8 Å². The zero-order valence-electron chi connectivity index (χ0n) is 14.0. The van der Waals surface area contributed by atoms with Crippen LogP contribution in [0.1, 0.15) is 52.0 Å². The predicted molar refractivity (Wildman–Crippen MR) is 89.2 cm³/mol. The van der Waals surface area contributed by atoms with Crippen molar-refractivity contribution in [3.63, 3.8) is 0 Å². The zero-order chi connectivity index (χ0) is 15.5. The summed E-state index contributed by atoms with van der Waals surface area (Å²) in [5, 5.41) is 3.36. The molecule has 120 valence electrons. The molecule has 0 aliphatic heterocycles. The quantitative estimate of drug-likeness (QED) is 0.626. The van der Waals surface area contributed by atoms with E-state index >= 15 is 0 Å². The van der Waals surface area contributed by atoms with Crippen molar-refractivity contribution in [2.24, 2.45) is 0 Å². The Bertz CT molecular complexity index is 362. The van der Waals surface area contributed by atoms with Crippen molar-refractivity contribution in [3.8, 4) is 5.75 Å². The molecular weight excluding hydrogens is 262 g/mol. The molecule has 1 aromatic rings. The molecule has 0 radical (unpaired) electrons. The third-order valence-corrected chi connectivity index (χ3v) is 3.56. The van der Waals surface area contributed by atoms with Crippen LogP contribution in [0.25, 0.3) is 0 Å². The van der Waals surface area contributed by atoms with E-state index in [4.69, 9.17) is 9.47 Å². The third kappa shape index (κ3) is 8.08. The van der Waals surface area contributed by atoms with Crippen LogP contribution in [0.4, 0.5) is 0 Å². The summed E-state index contributed by atoms with van der Waals surface area (Å²) in [6.07, 6.45) is 2.54. The summed E-state index contributed by atoms with van der Waals surface area (Å²) in [5.74, 6) is 1.57. The van der Waals surface area contributed by atoms with E-state index in [-0.39, 0.29) is 0 Å². The molecule has 21 heavy (non-hydrogen) atoms. The highest BCUT2D eigenvalue weighted by Crippen LogP contribution is 2.21. The van der Waals surface area contributed by atoms with Gasteiger partial charge in [-0.3, -0.25) is 0 Å². The first-order chi connectivity index (χ1) is 10.1. The average Bonchev–Trinajstić information content (AvgIpc) is 2.49. The second-order valence-electron chi connectivity index (χ2n) is 5.75. The molecule has 0 saturated carbocycles. The predicted octanol–water partition coefficient (Wildman–Crippen LogP) is 3.98. The van der Waals surface area contributed by atoms with Gasteiger partial charge in [0.15, 0.2) is 0 Å². The van der Waals surface area contributed by atoms with Gasteiger partial charge < -0.3 is 14.8 Å². The maximum atomic E-state index is 5.73. The van der Waals surface area contributed by atoms with Crippen molar-refractivity contribution in [2.75, 3.05) is 26.3 Å². The first-order valence-electron chi connectivity index (χ1n) is 8.18. The maximum absolute atomic E-state index is 5.73. The summed E-state index contributed by atoms with van der Waals surface area (Å²) in [7, 11) is 0. The fourth-order valence-corrected chi connectivity index (χ4v) is 2.01. The van der Waals surface area contributed by atoms with E-state index in [0.717, 1.165) is 31.9 Å². The maximum Gasteiger partial charge on any atom is 0.119 e. The van der Waals surface area contributed by atoms with Crippen molar-refractivity contribution in [2.45, 2.75) is 52.6 Å². The molecule has 1 N–H and O–H groups in total. The third-order valence-electron chi connectivity index (χ3n) is 3.56. The Morgan fingerprint density at radius 3 is 2.33 bits per heavy atom. The van der Waals surface area contributed by atoms with Gasteiger partial charge in [-0.05, 0) is 56.8 Å². The van der Waals surface area contributed by atoms with E-state index in [1.807, 2.05) is 0 Å². The molecular formula is C18H31NO2. The van der Waals surface area contributed by atoms with Crippen LogP contribution in [0, 0.1) is 0 Å². The fraction of sp³-hybridized carbons (Fsp3) is 0.667. The molecule has 0 amide bonds. The molecule has 0 spiro atoms. The monoisotopic (exact) mass is 293 g/mol. The van der Waals surface area contributed by atoms with Gasteiger partial charge in [0, 0.05) is 13.2 Å². The molecule has 0 fully saturated rings. The lowest BCUT2D eigenvalue weighted by Gasteiger charge is -2.11. The second-order valence-corrected chi connectivity index (χ2v) is 5.75. The van der Waals surface area contributed by atoms with Gasteiger partial charge >= 0.3 is 0 Å². The van der Waals surface area contributed by atoms with Gasteiger partial charge in [-0.15, -0.1) is 0 Å². The van der Waals surface area contributed by atoms with Gasteiger partial charge in [0.05, 0.1) is 6.10 Å². The highest BCUT2D eigenvalue weighted by molar-refractivity contribution is 5.29. The molecule has 1 unspecified atom stereocenters. The molecule has 0 aromatic heterocycles. The molecule has 3 nitrogen and oxygen atoms in total. The first kappa shape index (κ1) is 18.0. The molecule has 1 atom stereocenters. The lowest BCUT2D eigenvalue weighted by atomic mass is 9.99. The van der Waals surface area contributed by atoms with Crippen molar-refractivity contribution in [1.29, 1.82) is 0 Å². The number of ether oxygens (including phenoxy) is 2. The summed E-state index contributed by atoms with van der Waals surface area (Å²) in [6.45, 7) is 12.0. The highest BCUT2D eigenvalue weighted by Gasteiger charge is 2.02. The molecule has 0 aliphatic rings. The minimum Gasteiger partial charge on any atom is -0.492 e. The van der Waals surface area contributed by atoms with Gasteiger partial charge in [-0.2, -0.15) is 0 Å². The summed E-state index contributed by atoms with van der Waals surface area (Å²) in [4.78, 5) is 0. The van der Waals surface area contributed by atoms with E-state index in [1.165, 1.54) is 12.0 Å². The second kappa shape index (κ2) is 10.6. The molecule has 3 heteroatoms. The Labute approximate surface area is 130 Å². The Morgan fingerprint density at radius 1 is 1.00 bits per heavy atom. The minimum absolute atomic E-state index is 0.326. The highest BCUT2D eigenvalue weighted by atomic mass is 16.5. The number of benzene rings is 1. The molecule has 0 bridgehead atoms. The van der Waals surface area contributed by atoms with E-state index in [2.05, 4.69) is 57.3 Å². The zero-order valence-corrected chi connectivity index (χ0v) is 14.0. The molecule has 0 saturated heterocycles. The Balaban J connectivity index is 2.07. The van der Waals surface area contributed by atoms with E-state index < -0.39 is 0 Å². The SMILES string of the molecule is CCC(C)c1ccc(OCCNCCCOC(C)C)cc1. The summed E-state index contributed by atoms with van der Waals surface area (Å²) >= 11 is 0. The van der Waals surface area contributed by atoms with Crippen LogP contribution in [-0.4, -0.2) is 32.4 Å². The molecule has 0 heterocycles. The van der Waals surface area contributed by atoms with Gasteiger partial charge in [0.2, 0.25) is 0 Å². The Kier molecular flexibility index (Phi) is 9.11. The summed E-state index contributed by atoms with van der Waals surface area (Å²) in [6, 6.07) is 8.47. The van der Waals surface area contributed by atoms with Crippen LogP contribution in [0.2, 0.25) is 0 Å². The smallest absolute Gasteiger partial charge is 0.119 e. The lowest BCUT2D eigenvalue weighted by molar-refractivity contribution is 0.0770. The molecule has 1 aromatic carbocycles. The number of nitrogens with one attached hydrogen (secondary N) is 1. The van der Waals surface area contributed by atoms with E-state index in [0.29, 0.717) is 18.6 Å². The van der Waals surface area contributed by atoms with Gasteiger partial charge in [0.1, 0.15) is 12.4 Å². The molecule has 0 aliphatic carbocycles. The standard InChI is InChI=1S/C18H31NO2/c1-5-16(4)17-7-9-18(10-8-17)21-14-12-19-11-6-13-20-15(2)3/h7-10,15-16,19H,5-6,11-14H2,1-4H3. The fourth-order valence-electron chi connectivity index (χ4n) is 2.01. The van der Waals surface area contributed by atoms with Crippen LogP contribution in [0.5, 0.6) is 5.75 Å². The van der Waals surface area contributed by atoms with Crippen molar-refractivity contribution >= 4 is 0 Å². The van der Waals surface area contributed by atoms with Gasteiger partial charge in [-0.1, -0.05) is 26.0 Å². The normalized spacial score (nSPS) is 12.6. The Hall–Kier alpha value is -1.06. The summed E-state index contributed by atoms with van der Waals surface area (Å²) < 4.78 is 11.2. The van der Waals surface area contributed by atoms with Crippen molar-refractivity contribution in [1.82, 2.24) is 5.32 Å². The van der Waals surface area contributed by atoms with Crippen LogP contribution < -0.4 is 10.1 Å².